The molecule has 1 fully saturated rings. The summed E-state index contributed by atoms with van der Waals surface area (Å²) in [6, 6.07) is 2.18. The highest BCUT2D eigenvalue weighted by atomic mass is 15.2. The first kappa shape index (κ1) is 13.5. The number of hydrogen-bond donors (Lipinski definition) is 0. The number of hydrogen-bond acceptors (Lipinski definition) is 2. The highest BCUT2D eigenvalue weighted by molar-refractivity contribution is 5.93. The monoisotopic (exact) mass is 271 g/mol. The normalized spacial score (nSPS) is 16.1. The van der Waals surface area contributed by atoms with Crippen LogP contribution in [0.3, 0.4) is 0 Å². The molecule has 0 unspecified atom stereocenters. The molecule has 0 radical (unpaired) electrons. The molecule has 0 aliphatic carbocycles. The highest BCUT2D eigenvalue weighted by Crippen LogP contribution is 2.32. The van der Waals surface area contributed by atoms with Gasteiger partial charge in [-0.15, -0.1) is 0 Å². The van der Waals surface area contributed by atoms with E-state index in [1.165, 1.54) is 53.7 Å². The molecule has 0 bridgehead atoms. The van der Waals surface area contributed by atoms with E-state index in [9.17, 15) is 0 Å². The lowest BCUT2D eigenvalue weighted by Crippen LogP contribution is -2.30. The molecule has 1 saturated heterocycles. The highest BCUT2D eigenvalue weighted by Gasteiger charge is 2.20. The van der Waals surface area contributed by atoms with Crippen LogP contribution in [0.25, 0.3) is 10.9 Å². The fourth-order valence-corrected chi connectivity index (χ4v) is 3.42. The van der Waals surface area contributed by atoms with Crippen molar-refractivity contribution in [1.29, 1.82) is 0 Å². The van der Waals surface area contributed by atoms with Gasteiger partial charge in [-0.25, -0.2) is 4.98 Å². The van der Waals surface area contributed by atoms with Crippen molar-refractivity contribution in [3.8, 4) is 0 Å². The Balaban J connectivity index is 2.18. The summed E-state index contributed by atoms with van der Waals surface area (Å²) in [6.07, 6.45) is 7.10. The summed E-state index contributed by atoms with van der Waals surface area (Å²) in [5.41, 5.74) is 4.16. The number of piperidine rings is 1. The number of fused-ring (bicyclic) bond motifs is 1. The molecule has 0 aromatic carbocycles. The van der Waals surface area contributed by atoms with Gasteiger partial charge in [-0.05, 0) is 51.2 Å². The van der Waals surface area contributed by atoms with Crippen LogP contribution in [0.4, 0.5) is 5.82 Å². The summed E-state index contributed by atoms with van der Waals surface area (Å²) in [4.78, 5) is 7.22. The van der Waals surface area contributed by atoms with Crippen molar-refractivity contribution in [2.75, 3.05) is 18.0 Å². The van der Waals surface area contributed by atoms with Crippen LogP contribution in [0, 0.1) is 13.8 Å². The molecule has 108 valence electrons. The first-order chi connectivity index (χ1) is 9.74. The minimum absolute atomic E-state index is 1.09. The van der Waals surface area contributed by atoms with Gasteiger partial charge in [0, 0.05) is 36.9 Å². The molecule has 3 heterocycles. The third-order valence-electron chi connectivity index (χ3n) is 4.63. The van der Waals surface area contributed by atoms with Gasteiger partial charge in [-0.2, -0.15) is 0 Å². The Kier molecular flexibility index (Phi) is 3.68. The minimum Gasteiger partial charge on any atom is -0.355 e. The van der Waals surface area contributed by atoms with Crippen LogP contribution in [-0.2, 0) is 6.54 Å². The third kappa shape index (κ3) is 2.09. The summed E-state index contributed by atoms with van der Waals surface area (Å²) in [5, 5.41) is 1.38. The zero-order valence-electron chi connectivity index (χ0n) is 12.9. The molecule has 20 heavy (non-hydrogen) atoms. The average molecular weight is 271 g/mol. The maximum Gasteiger partial charge on any atom is 0.153 e. The Morgan fingerprint density at radius 2 is 1.90 bits per heavy atom. The van der Waals surface area contributed by atoms with Crippen molar-refractivity contribution in [2.45, 2.75) is 53.0 Å². The summed E-state index contributed by atoms with van der Waals surface area (Å²) >= 11 is 0. The second kappa shape index (κ2) is 5.47. The fraction of sp³-hybridized carbons (Fsp3) is 0.588. The van der Waals surface area contributed by atoms with E-state index in [0.29, 0.717) is 0 Å². The summed E-state index contributed by atoms with van der Waals surface area (Å²) < 4.78 is 2.47. The number of nitrogens with zero attached hydrogens (tertiary/aromatic N) is 3. The van der Waals surface area contributed by atoms with Crippen LogP contribution in [0.2, 0.25) is 0 Å². The van der Waals surface area contributed by atoms with E-state index < -0.39 is 0 Å². The van der Waals surface area contributed by atoms with Crippen LogP contribution in [0.1, 0.15) is 43.9 Å². The van der Waals surface area contributed by atoms with E-state index >= 15 is 0 Å². The molecule has 0 saturated carbocycles. The van der Waals surface area contributed by atoms with Gasteiger partial charge in [0.05, 0.1) is 5.52 Å². The zero-order chi connectivity index (χ0) is 14.1. The Hall–Kier alpha value is -1.51. The Labute approximate surface area is 121 Å². The number of aryl methyl sites for hydroxylation is 2. The average Bonchev–Trinajstić information content (AvgIpc) is 2.74. The molecular formula is C17H25N3. The van der Waals surface area contributed by atoms with Crippen LogP contribution < -0.4 is 4.90 Å². The number of rotatable bonds is 3. The molecule has 2 aromatic heterocycles. The second-order valence-corrected chi connectivity index (χ2v) is 5.94. The summed E-state index contributed by atoms with van der Waals surface area (Å²) in [5.74, 6) is 1.20. The van der Waals surface area contributed by atoms with Crippen molar-refractivity contribution in [3.63, 3.8) is 0 Å². The van der Waals surface area contributed by atoms with E-state index in [-0.39, 0.29) is 0 Å². The van der Waals surface area contributed by atoms with Crippen molar-refractivity contribution in [1.82, 2.24) is 9.55 Å². The lowest BCUT2D eigenvalue weighted by Gasteiger charge is -2.28. The molecule has 2 aromatic rings. The molecule has 3 heteroatoms. The van der Waals surface area contributed by atoms with Crippen LogP contribution >= 0.6 is 0 Å². The maximum atomic E-state index is 4.73. The minimum atomic E-state index is 1.09. The van der Waals surface area contributed by atoms with Crippen molar-refractivity contribution < 1.29 is 0 Å². The Bertz CT molecular complexity index is 606. The van der Waals surface area contributed by atoms with Crippen molar-refractivity contribution in [2.24, 2.45) is 0 Å². The quantitative estimate of drug-likeness (QED) is 0.839. The first-order valence-corrected chi connectivity index (χ1v) is 7.93. The van der Waals surface area contributed by atoms with Crippen molar-refractivity contribution >= 4 is 16.7 Å². The predicted molar refractivity (Wildman–Crippen MR) is 85.6 cm³/mol. The molecule has 0 atom stereocenters. The Morgan fingerprint density at radius 3 is 2.60 bits per heavy atom. The van der Waals surface area contributed by atoms with Gasteiger partial charge >= 0.3 is 0 Å². The largest absolute Gasteiger partial charge is 0.355 e. The van der Waals surface area contributed by atoms with Crippen LogP contribution in [-0.4, -0.2) is 22.6 Å². The van der Waals surface area contributed by atoms with Gasteiger partial charge in [0.25, 0.3) is 0 Å². The summed E-state index contributed by atoms with van der Waals surface area (Å²) in [6.45, 7) is 10.1. The van der Waals surface area contributed by atoms with Crippen LogP contribution in [0.5, 0.6) is 0 Å². The molecule has 0 amide bonds. The molecule has 1 aliphatic heterocycles. The SMILES string of the molecule is CCCn1c(C)c(C)c2ccnc(N3CCCCC3)c21. The number of anilines is 1. The van der Waals surface area contributed by atoms with Gasteiger partial charge in [0.15, 0.2) is 5.82 Å². The summed E-state index contributed by atoms with van der Waals surface area (Å²) in [7, 11) is 0. The van der Waals surface area contributed by atoms with E-state index in [1.54, 1.807) is 0 Å². The smallest absolute Gasteiger partial charge is 0.153 e. The standard InChI is InChI=1S/C17H25N3/c1-4-10-20-14(3)13(2)15-8-9-18-17(16(15)20)19-11-6-5-7-12-19/h8-9H,4-7,10-12H2,1-3H3. The van der Waals surface area contributed by atoms with E-state index in [2.05, 4.69) is 36.3 Å². The molecular weight excluding hydrogens is 246 g/mol. The number of aromatic nitrogens is 2. The van der Waals surface area contributed by atoms with Crippen molar-refractivity contribution in [3.05, 3.63) is 23.5 Å². The van der Waals surface area contributed by atoms with E-state index in [4.69, 9.17) is 4.98 Å². The van der Waals surface area contributed by atoms with E-state index in [1.807, 2.05) is 6.20 Å². The maximum absolute atomic E-state index is 4.73. The molecule has 3 rings (SSSR count). The molecule has 0 N–H and O–H groups in total. The fourth-order valence-electron chi connectivity index (χ4n) is 3.42. The van der Waals surface area contributed by atoms with Gasteiger partial charge < -0.3 is 9.47 Å². The lowest BCUT2D eigenvalue weighted by molar-refractivity contribution is 0.573. The van der Waals surface area contributed by atoms with Gasteiger partial charge in [-0.3, -0.25) is 0 Å². The van der Waals surface area contributed by atoms with Gasteiger partial charge in [0.2, 0.25) is 0 Å². The lowest BCUT2D eigenvalue weighted by atomic mass is 10.1. The third-order valence-corrected chi connectivity index (χ3v) is 4.63. The molecule has 0 spiro atoms. The molecule has 3 nitrogen and oxygen atoms in total. The first-order valence-electron chi connectivity index (χ1n) is 7.93. The van der Waals surface area contributed by atoms with E-state index in [0.717, 1.165) is 19.6 Å². The zero-order valence-corrected chi connectivity index (χ0v) is 12.9. The number of pyridine rings is 1. The molecule has 1 aliphatic rings. The van der Waals surface area contributed by atoms with Gasteiger partial charge in [-0.1, -0.05) is 6.92 Å². The van der Waals surface area contributed by atoms with Crippen LogP contribution in [0.15, 0.2) is 12.3 Å². The Morgan fingerprint density at radius 1 is 1.15 bits per heavy atom. The van der Waals surface area contributed by atoms with Gasteiger partial charge in [0.1, 0.15) is 0 Å². The second-order valence-electron chi connectivity index (χ2n) is 5.94. The predicted octanol–water partition coefficient (Wildman–Crippen LogP) is 4.05. The topological polar surface area (TPSA) is 21.1 Å².